The lowest BCUT2D eigenvalue weighted by Gasteiger charge is -2.18. The minimum atomic E-state index is -4.65. The van der Waals surface area contributed by atoms with Crippen LogP contribution in [0.25, 0.3) is 0 Å². The first kappa shape index (κ1) is 22.8. The number of carbonyl (C=O) groups is 1. The summed E-state index contributed by atoms with van der Waals surface area (Å²) in [4.78, 5) is 11.6. The van der Waals surface area contributed by atoms with Gasteiger partial charge in [0.15, 0.2) is 0 Å². The second-order valence-corrected chi connectivity index (χ2v) is 7.77. The van der Waals surface area contributed by atoms with Gasteiger partial charge in [-0.15, -0.1) is 0 Å². The van der Waals surface area contributed by atoms with Gasteiger partial charge in [-0.2, -0.15) is 13.2 Å². The molecule has 0 saturated heterocycles. The van der Waals surface area contributed by atoms with Crippen LogP contribution in [0.1, 0.15) is 23.7 Å². The van der Waals surface area contributed by atoms with E-state index >= 15 is 0 Å². The van der Waals surface area contributed by atoms with Gasteiger partial charge in [-0.3, -0.25) is 4.79 Å². The number of aliphatic hydroxyl groups is 1. The maximum atomic E-state index is 13.0. The zero-order valence-electron chi connectivity index (χ0n) is 14.9. The largest absolute Gasteiger partial charge is 0.416 e. The SMILES string of the molecule is O=C(CCNS(=O)(=O)c1ccc(F)cc1)NCC(O)c1ccccc1C(F)(F)F. The lowest BCUT2D eigenvalue weighted by atomic mass is 10.0. The highest BCUT2D eigenvalue weighted by atomic mass is 32.2. The molecule has 1 amide bonds. The molecule has 2 aromatic rings. The van der Waals surface area contributed by atoms with Gasteiger partial charge in [0.1, 0.15) is 5.82 Å². The molecule has 1 unspecified atom stereocenters. The van der Waals surface area contributed by atoms with E-state index in [9.17, 15) is 35.9 Å². The summed E-state index contributed by atoms with van der Waals surface area (Å²) >= 11 is 0. The molecule has 3 N–H and O–H groups in total. The highest BCUT2D eigenvalue weighted by Crippen LogP contribution is 2.34. The van der Waals surface area contributed by atoms with Crippen LogP contribution >= 0.6 is 0 Å². The van der Waals surface area contributed by atoms with E-state index in [1.165, 1.54) is 12.1 Å². The van der Waals surface area contributed by atoms with Gasteiger partial charge in [-0.25, -0.2) is 17.5 Å². The number of halogens is 4. The normalized spacial score (nSPS) is 13.1. The Balaban J connectivity index is 1.85. The summed E-state index contributed by atoms with van der Waals surface area (Å²) in [6.45, 7) is -0.766. The van der Waals surface area contributed by atoms with Crippen LogP contribution in [0.2, 0.25) is 0 Å². The standard InChI is InChI=1S/C18H18F4N2O4S/c19-12-5-7-13(8-6-12)29(27,28)24-10-9-17(26)23-11-16(25)14-3-1-2-4-15(14)18(20,21)22/h1-8,16,24-25H,9-11H2,(H,23,26). The van der Waals surface area contributed by atoms with Crippen molar-refractivity contribution < 1.29 is 35.9 Å². The van der Waals surface area contributed by atoms with Gasteiger partial charge in [0, 0.05) is 19.5 Å². The third kappa shape index (κ3) is 6.51. The predicted molar refractivity (Wildman–Crippen MR) is 95.6 cm³/mol. The second kappa shape index (κ2) is 9.33. The van der Waals surface area contributed by atoms with Crippen molar-refractivity contribution in [1.82, 2.24) is 10.0 Å². The fraction of sp³-hybridized carbons (Fsp3) is 0.278. The van der Waals surface area contributed by atoms with E-state index < -0.39 is 46.1 Å². The first-order valence-electron chi connectivity index (χ1n) is 8.37. The topological polar surface area (TPSA) is 95.5 Å². The van der Waals surface area contributed by atoms with Gasteiger partial charge in [-0.1, -0.05) is 18.2 Å². The number of hydrogen-bond acceptors (Lipinski definition) is 4. The first-order valence-corrected chi connectivity index (χ1v) is 9.85. The number of sulfonamides is 1. The molecule has 11 heteroatoms. The molecule has 0 bridgehead atoms. The molecule has 2 aromatic carbocycles. The quantitative estimate of drug-likeness (QED) is 0.556. The second-order valence-electron chi connectivity index (χ2n) is 6.01. The molecule has 0 heterocycles. The van der Waals surface area contributed by atoms with Crippen molar-refractivity contribution in [1.29, 1.82) is 0 Å². The third-order valence-electron chi connectivity index (χ3n) is 3.89. The Hall–Kier alpha value is -2.50. The number of aliphatic hydroxyl groups excluding tert-OH is 1. The highest BCUT2D eigenvalue weighted by molar-refractivity contribution is 7.89. The number of hydrogen-bond donors (Lipinski definition) is 3. The smallest absolute Gasteiger partial charge is 0.387 e. The van der Waals surface area contributed by atoms with E-state index in [1.54, 1.807) is 0 Å². The summed E-state index contributed by atoms with van der Waals surface area (Å²) in [6.07, 6.45) is -6.55. The summed E-state index contributed by atoms with van der Waals surface area (Å²) in [6, 6.07) is 8.52. The Kier molecular flexibility index (Phi) is 7.33. The van der Waals surface area contributed by atoms with Crippen molar-refractivity contribution in [3.8, 4) is 0 Å². The van der Waals surface area contributed by atoms with E-state index in [0.717, 1.165) is 36.4 Å². The molecule has 6 nitrogen and oxygen atoms in total. The van der Waals surface area contributed by atoms with Crippen LogP contribution in [0.3, 0.4) is 0 Å². The molecule has 0 fully saturated rings. The van der Waals surface area contributed by atoms with Crippen LogP contribution in [0.15, 0.2) is 53.4 Å². The van der Waals surface area contributed by atoms with Crippen LogP contribution in [0, 0.1) is 5.82 Å². The number of benzene rings is 2. The molecule has 158 valence electrons. The Bertz CT molecular complexity index is 947. The minimum Gasteiger partial charge on any atom is -0.387 e. The summed E-state index contributed by atoms with van der Waals surface area (Å²) in [5.41, 5.74) is -1.38. The van der Waals surface area contributed by atoms with Crippen molar-refractivity contribution in [2.75, 3.05) is 13.1 Å². The maximum Gasteiger partial charge on any atom is 0.416 e. The van der Waals surface area contributed by atoms with Gasteiger partial charge < -0.3 is 10.4 Å². The van der Waals surface area contributed by atoms with Crippen LogP contribution < -0.4 is 10.0 Å². The molecule has 0 aliphatic heterocycles. The van der Waals surface area contributed by atoms with Crippen LogP contribution in [0.4, 0.5) is 17.6 Å². The van der Waals surface area contributed by atoms with Gasteiger partial charge in [-0.05, 0) is 35.9 Å². The van der Waals surface area contributed by atoms with Crippen molar-refractivity contribution in [2.24, 2.45) is 0 Å². The summed E-state index contributed by atoms with van der Waals surface area (Å²) in [5.74, 6) is -1.27. The van der Waals surface area contributed by atoms with Crippen LogP contribution in [-0.2, 0) is 21.0 Å². The zero-order chi connectivity index (χ0) is 21.7. The fourth-order valence-electron chi connectivity index (χ4n) is 2.45. The van der Waals surface area contributed by atoms with E-state index in [2.05, 4.69) is 10.0 Å². The Morgan fingerprint density at radius 3 is 2.31 bits per heavy atom. The van der Waals surface area contributed by atoms with E-state index in [0.29, 0.717) is 0 Å². The van der Waals surface area contributed by atoms with Gasteiger partial charge in [0.2, 0.25) is 15.9 Å². The van der Waals surface area contributed by atoms with Crippen LogP contribution in [0.5, 0.6) is 0 Å². The highest BCUT2D eigenvalue weighted by Gasteiger charge is 2.34. The fourth-order valence-corrected chi connectivity index (χ4v) is 3.48. The number of alkyl halides is 3. The van der Waals surface area contributed by atoms with Crippen molar-refractivity contribution in [3.05, 3.63) is 65.5 Å². The monoisotopic (exact) mass is 434 g/mol. The van der Waals surface area contributed by atoms with Gasteiger partial charge in [0.05, 0.1) is 16.6 Å². The molecular formula is C18H18F4N2O4S. The number of carbonyl (C=O) groups excluding carboxylic acids is 1. The average Bonchev–Trinajstić information content (AvgIpc) is 2.65. The van der Waals surface area contributed by atoms with E-state index in [4.69, 9.17) is 0 Å². The summed E-state index contributed by atoms with van der Waals surface area (Å²) in [5, 5.41) is 12.2. The number of rotatable bonds is 8. The number of amides is 1. The van der Waals surface area contributed by atoms with Crippen molar-refractivity contribution in [2.45, 2.75) is 23.6 Å². The summed E-state index contributed by atoms with van der Waals surface area (Å²) < 4.78 is 77.9. The Morgan fingerprint density at radius 2 is 1.69 bits per heavy atom. The molecule has 1 atom stereocenters. The van der Waals surface area contributed by atoms with E-state index in [1.807, 2.05) is 0 Å². The molecule has 0 aromatic heterocycles. The molecule has 0 saturated carbocycles. The van der Waals surface area contributed by atoms with Crippen molar-refractivity contribution in [3.63, 3.8) is 0 Å². The Morgan fingerprint density at radius 1 is 1.07 bits per heavy atom. The lowest BCUT2D eigenvalue weighted by Crippen LogP contribution is -2.33. The molecule has 2 rings (SSSR count). The first-order chi connectivity index (χ1) is 13.5. The number of nitrogens with one attached hydrogen (secondary N) is 2. The van der Waals surface area contributed by atoms with E-state index in [-0.39, 0.29) is 23.4 Å². The molecular weight excluding hydrogens is 416 g/mol. The zero-order valence-corrected chi connectivity index (χ0v) is 15.7. The Labute approximate surface area is 164 Å². The van der Waals surface area contributed by atoms with Crippen LogP contribution in [-0.4, -0.2) is 32.5 Å². The van der Waals surface area contributed by atoms with Gasteiger partial charge in [0.25, 0.3) is 0 Å². The minimum absolute atomic E-state index is 0.182. The maximum absolute atomic E-state index is 13.0. The lowest BCUT2D eigenvalue weighted by molar-refractivity contribution is -0.139. The third-order valence-corrected chi connectivity index (χ3v) is 5.36. The average molecular weight is 434 g/mol. The summed E-state index contributed by atoms with van der Waals surface area (Å²) in [7, 11) is -3.94. The molecule has 0 aliphatic carbocycles. The van der Waals surface area contributed by atoms with Crippen molar-refractivity contribution >= 4 is 15.9 Å². The molecule has 29 heavy (non-hydrogen) atoms. The molecule has 0 spiro atoms. The molecule has 0 radical (unpaired) electrons. The predicted octanol–water partition coefficient (Wildman–Crippen LogP) is 2.36. The molecule has 0 aliphatic rings. The van der Waals surface area contributed by atoms with Gasteiger partial charge >= 0.3 is 6.18 Å².